The third kappa shape index (κ3) is 4.35. The number of imidazole rings is 1. The van der Waals surface area contributed by atoms with Gasteiger partial charge in [0.2, 0.25) is 0 Å². The number of carbonyl (C=O) groups excluding carboxylic acids is 1. The molecule has 27 heavy (non-hydrogen) atoms. The number of urea groups is 1. The number of carbonyl (C=O) groups is 1. The van der Waals surface area contributed by atoms with E-state index in [1.165, 1.54) is 4.90 Å². The number of aliphatic hydroxyl groups is 1. The van der Waals surface area contributed by atoms with Gasteiger partial charge in [-0.3, -0.25) is 0 Å². The number of hydrogen-bond acceptors (Lipinski definition) is 4. The minimum absolute atomic E-state index is 0.116. The van der Waals surface area contributed by atoms with E-state index in [1.807, 2.05) is 66.7 Å². The summed E-state index contributed by atoms with van der Waals surface area (Å²) in [5.41, 5.74) is 3.61. The predicted molar refractivity (Wildman–Crippen MR) is 103 cm³/mol. The Balaban J connectivity index is 1.70. The molecule has 2 amide bonds. The molecule has 0 bridgehead atoms. The number of aliphatic hydroxyl groups excluding tert-OH is 1. The summed E-state index contributed by atoms with van der Waals surface area (Å²) in [5.74, 6) is 0.749. The van der Waals surface area contributed by atoms with Gasteiger partial charge in [-0.2, -0.15) is 5.10 Å². The molecule has 0 unspecified atom stereocenters. The maximum absolute atomic E-state index is 12.6. The highest BCUT2D eigenvalue weighted by Crippen LogP contribution is 2.16. The van der Waals surface area contributed by atoms with E-state index in [2.05, 4.69) is 15.4 Å². The van der Waals surface area contributed by atoms with Crippen LogP contribution in [-0.2, 0) is 13.6 Å². The molecule has 0 radical (unpaired) electrons. The Morgan fingerprint density at radius 1 is 1.26 bits per heavy atom. The van der Waals surface area contributed by atoms with Crippen molar-refractivity contribution >= 4 is 11.7 Å². The number of aryl methyl sites for hydroxylation is 3. The molecule has 3 aromatic rings. The van der Waals surface area contributed by atoms with E-state index in [0.717, 1.165) is 22.9 Å². The molecule has 0 aliphatic heterocycles. The first kappa shape index (κ1) is 18.7. The molecule has 2 heterocycles. The molecule has 0 fully saturated rings. The molecular weight excluding hydrogens is 344 g/mol. The molecule has 2 aromatic heterocycles. The minimum Gasteiger partial charge on any atom is -0.395 e. The highest BCUT2D eigenvalue weighted by molar-refractivity contribution is 5.89. The van der Waals surface area contributed by atoms with Crippen LogP contribution < -0.4 is 5.32 Å². The van der Waals surface area contributed by atoms with E-state index in [9.17, 15) is 9.90 Å². The quantitative estimate of drug-likeness (QED) is 0.698. The van der Waals surface area contributed by atoms with Crippen molar-refractivity contribution in [3.8, 4) is 5.69 Å². The van der Waals surface area contributed by atoms with Crippen molar-refractivity contribution in [2.45, 2.75) is 20.4 Å². The van der Waals surface area contributed by atoms with Crippen molar-refractivity contribution in [2.24, 2.45) is 7.05 Å². The van der Waals surface area contributed by atoms with Crippen molar-refractivity contribution in [3.05, 3.63) is 59.9 Å². The van der Waals surface area contributed by atoms with Crippen LogP contribution in [0.25, 0.3) is 5.69 Å². The van der Waals surface area contributed by atoms with E-state index in [-0.39, 0.29) is 19.2 Å². The van der Waals surface area contributed by atoms with E-state index in [4.69, 9.17) is 0 Å². The summed E-state index contributed by atoms with van der Waals surface area (Å²) in [7, 11) is 1.87. The first-order chi connectivity index (χ1) is 13.0. The van der Waals surface area contributed by atoms with E-state index < -0.39 is 0 Å². The lowest BCUT2D eigenvalue weighted by Gasteiger charge is -2.22. The number of nitrogens with one attached hydrogen (secondary N) is 1. The molecule has 1 aromatic carbocycles. The summed E-state index contributed by atoms with van der Waals surface area (Å²) < 4.78 is 3.71. The molecule has 3 rings (SSSR count). The van der Waals surface area contributed by atoms with Gasteiger partial charge in [-0.1, -0.05) is 0 Å². The van der Waals surface area contributed by atoms with E-state index in [0.29, 0.717) is 12.2 Å². The SMILES string of the molecule is Cc1cc(C)n(-c2ccc(NC(=O)N(CCO)Cc3nccn3C)cc2)n1. The predicted octanol–water partition coefficient (Wildman–Crippen LogP) is 2.25. The van der Waals surface area contributed by atoms with Gasteiger partial charge in [0.05, 0.1) is 24.5 Å². The Hall–Kier alpha value is -3.13. The maximum Gasteiger partial charge on any atom is 0.322 e. The molecule has 0 aliphatic rings. The maximum atomic E-state index is 12.6. The molecule has 8 heteroatoms. The van der Waals surface area contributed by atoms with Gasteiger partial charge in [-0.05, 0) is 44.2 Å². The third-order valence-corrected chi connectivity index (χ3v) is 4.28. The average molecular weight is 368 g/mol. The van der Waals surface area contributed by atoms with Gasteiger partial charge in [-0.25, -0.2) is 14.5 Å². The number of benzene rings is 1. The molecule has 0 saturated heterocycles. The van der Waals surface area contributed by atoms with Crippen LogP contribution in [0.2, 0.25) is 0 Å². The van der Waals surface area contributed by atoms with Crippen LogP contribution in [0.3, 0.4) is 0 Å². The summed E-state index contributed by atoms with van der Waals surface area (Å²) in [5, 5.41) is 16.6. The van der Waals surface area contributed by atoms with Gasteiger partial charge in [0.1, 0.15) is 5.82 Å². The minimum atomic E-state index is -0.286. The smallest absolute Gasteiger partial charge is 0.322 e. The van der Waals surface area contributed by atoms with Crippen LogP contribution in [0, 0.1) is 13.8 Å². The van der Waals surface area contributed by atoms with Crippen LogP contribution >= 0.6 is 0 Å². The summed E-state index contributed by atoms with van der Waals surface area (Å²) in [6, 6.07) is 9.21. The largest absolute Gasteiger partial charge is 0.395 e. The van der Waals surface area contributed by atoms with Crippen molar-refractivity contribution in [3.63, 3.8) is 0 Å². The molecule has 8 nitrogen and oxygen atoms in total. The Morgan fingerprint density at radius 3 is 2.56 bits per heavy atom. The second-order valence-corrected chi connectivity index (χ2v) is 6.42. The summed E-state index contributed by atoms with van der Waals surface area (Å²) in [4.78, 5) is 18.4. The lowest BCUT2D eigenvalue weighted by molar-refractivity contribution is 0.183. The van der Waals surface area contributed by atoms with E-state index >= 15 is 0 Å². The molecule has 142 valence electrons. The van der Waals surface area contributed by atoms with Gasteiger partial charge >= 0.3 is 6.03 Å². The van der Waals surface area contributed by atoms with Gasteiger partial charge in [0, 0.05) is 37.4 Å². The van der Waals surface area contributed by atoms with Crippen molar-refractivity contribution < 1.29 is 9.90 Å². The highest BCUT2D eigenvalue weighted by Gasteiger charge is 2.16. The fourth-order valence-electron chi connectivity index (χ4n) is 2.87. The first-order valence-corrected chi connectivity index (χ1v) is 8.74. The van der Waals surface area contributed by atoms with Crippen LogP contribution in [0.1, 0.15) is 17.2 Å². The zero-order valence-corrected chi connectivity index (χ0v) is 15.8. The van der Waals surface area contributed by atoms with Crippen molar-refractivity contribution in [2.75, 3.05) is 18.5 Å². The second-order valence-electron chi connectivity index (χ2n) is 6.42. The summed E-state index contributed by atoms with van der Waals surface area (Å²) in [6.45, 7) is 4.38. The second kappa shape index (κ2) is 8.05. The number of rotatable bonds is 6. The van der Waals surface area contributed by atoms with Gasteiger partial charge < -0.3 is 19.9 Å². The third-order valence-electron chi connectivity index (χ3n) is 4.28. The van der Waals surface area contributed by atoms with Crippen molar-refractivity contribution in [1.29, 1.82) is 0 Å². The number of amides is 2. The van der Waals surface area contributed by atoms with Crippen LogP contribution in [-0.4, -0.2) is 48.5 Å². The average Bonchev–Trinajstić information content (AvgIpc) is 3.20. The summed E-state index contributed by atoms with van der Waals surface area (Å²) in [6.07, 6.45) is 3.50. The van der Waals surface area contributed by atoms with Gasteiger partial charge in [0.15, 0.2) is 0 Å². The Morgan fingerprint density at radius 2 is 2.00 bits per heavy atom. The number of anilines is 1. The zero-order valence-electron chi connectivity index (χ0n) is 15.8. The fraction of sp³-hybridized carbons (Fsp3) is 0.316. The Bertz CT molecular complexity index is 913. The topological polar surface area (TPSA) is 88.2 Å². The lowest BCUT2D eigenvalue weighted by atomic mass is 10.2. The number of hydrogen-bond donors (Lipinski definition) is 2. The normalized spacial score (nSPS) is 10.8. The van der Waals surface area contributed by atoms with E-state index in [1.54, 1.807) is 6.20 Å². The molecule has 0 atom stereocenters. The fourth-order valence-corrected chi connectivity index (χ4v) is 2.87. The van der Waals surface area contributed by atoms with Gasteiger partial charge in [-0.15, -0.1) is 0 Å². The first-order valence-electron chi connectivity index (χ1n) is 8.74. The highest BCUT2D eigenvalue weighted by atomic mass is 16.3. The van der Waals surface area contributed by atoms with Gasteiger partial charge in [0.25, 0.3) is 0 Å². The zero-order chi connectivity index (χ0) is 19.4. The lowest BCUT2D eigenvalue weighted by Crippen LogP contribution is -2.37. The standard InChI is InChI=1S/C19H24N6O2/c1-14-12-15(2)25(22-14)17-6-4-16(5-7-17)21-19(27)24(10-11-26)13-18-20-8-9-23(18)3/h4-9,12,26H,10-11,13H2,1-3H3,(H,21,27). The molecule has 2 N–H and O–H groups in total. The van der Waals surface area contributed by atoms with Crippen LogP contribution in [0.15, 0.2) is 42.7 Å². The molecule has 0 aliphatic carbocycles. The molecule has 0 saturated carbocycles. The Kier molecular flexibility index (Phi) is 5.56. The molecule has 0 spiro atoms. The van der Waals surface area contributed by atoms with Crippen molar-refractivity contribution in [1.82, 2.24) is 24.2 Å². The monoisotopic (exact) mass is 368 g/mol. The number of aromatic nitrogens is 4. The van der Waals surface area contributed by atoms with Crippen LogP contribution in [0.5, 0.6) is 0 Å². The van der Waals surface area contributed by atoms with Crippen LogP contribution in [0.4, 0.5) is 10.5 Å². The molecular formula is C19H24N6O2. The Labute approximate surface area is 158 Å². The summed E-state index contributed by atoms with van der Waals surface area (Å²) >= 11 is 0. The number of nitrogens with zero attached hydrogens (tertiary/aromatic N) is 5.